The molecule has 0 aliphatic heterocycles. The first kappa shape index (κ1) is 15.9. The second-order valence-corrected chi connectivity index (χ2v) is 5.41. The van der Waals surface area contributed by atoms with Gasteiger partial charge in [0.2, 0.25) is 11.3 Å². The van der Waals surface area contributed by atoms with Crippen molar-refractivity contribution >= 4 is 16.8 Å². The number of fused-ring (bicyclic) bond motifs is 1. The molecule has 1 N–H and O–H groups in total. The summed E-state index contributed by atoms with van der Waals surface area (Å²) < 4.78 is 14.6. The van der Waals surface area contributed by atoms with Crippen LogP contribution in [0.1, 0.15) is 5.56 Å². The predicted molar refractivity (Wildman–Crippen MR) is 89.1 cm³/mol. The van der Waals surface area contributed by atoms with Crippen LogP contribution in [0, 0.1) is 5.82 Å². The molecule has 0 spiro atoms. The van der Waals surface area contributed by atoms with E-state index in [4.69, 9.17) is 0 Å². The van der Waals surface area contributed by atoms with Crippen LogP contribution in [-0.2, 0) is 17.8 Å². The van der Waals surface area contributed by atoms with Crippen molar-refractivity contribution in [3.05, 3.63) is 76.3 Å². The van der Waals surface area contributed by atoms with E-state index in [-0.39, 0.29) is 23.7 Å². The lowest BCUT2D eigenvalue weighted by atomic mass is 10.1. The quantitative estimate of drug-likeness (QED) is 0.779. The molecule has 0 radical (unpaired) electrons. The van der Waals surface area contributed by atoms with Crippen LogP contribution >= 0.6 is 0 Å². The lowest BCUT2D eigenvalue weighted by Crippen LogP contribution is -2.30. The summed E-state index contributed by atoms with van der Waals surface area (Å²) in [6, 6.07) is 13.3. The summed E-state index contributed by atoms with van der Waals surface area (Å²) in [5, 5.41) is 7.32. The number of hydrogen-bond donors (Lipinski definition) is 1. The van der Waals surface area contributed by atoms with Crippen molar-refractivity contribution in [1.82, 2.24) is 15.1 Å². The smallest absolute Gasteiger partial charge is 0.241 e. The van der Waals surface area contributed by atoms with Crippen molar-refractivity contribution in [2.75, 3.05) is 6.54 Å². The Bertz CT molecular complexity index is 937. The number of nitrogens with one attached hydrogen (secondary N) is 1. The lowest BCUT2D eigenvalue weighted by molar-refractivity contribution is -0.121. The largest absolute Gasteiger partial charge is 0.354 e. The van der Waals surface area contributed by atoms with Gasteiger partial charge in [0, 0.05) is 11.9 Å². The van der Waals surface area contributed by atoms with Gasteiger partial charge >= 0.3 is 0 Å². The Kier molecular flexibility index (Phi) is 4.65. The van der Waals surface area contributed by atoms with Crippen molar-refractivity contribution < 1.29 is 9.18 Å². The van der Waals surface area contributed by atoms with E-state index >= 15 is 0 Å². The van der Waals surface area contributed by atoms with Gasteiger partial charge in [-0.25, -0.2) is 4.39 Å². The summed E-state index contributed by atoms with van der Waals surface area (Å²) in [7, 11) is 0. The van der Waals surface area contributed by atoms with Crippen molar-refractivity contribution in [3.63, 3.8) is 0 Å². The number of halogens is 1. The molecular formula is C18H16FN3O2. The SMILES string of the molecule is O=C(Cn1ncc(=O)c2ccccc21)NCCc1cccc(F)c1. The minimum Gasteiger partial charge on any atom is -0.354 e. The third kappa shape index (κ3) is 3.65. The Labute approximate surface area is 137 Å². The minimum absolute atomic E-state index is 0.0178. The number of para-hydroxylation sites is 1. The lowest BCUT2D eigenvalue weighted by Gasteiger charge is -2.10. The second kappa shape index (κ2) is 7.04. The Hall–Kier alpha value is -3.02. The third-order valence-corrected chi connectivity index (χ3v) is 3.68. The Balaban J connectivity index is 1.63. The summed E-state index contributed by atoms with van der Waals surface area (Å²) in [6.07, 6.45) is 1.75. The van der Waals surface area contributed by atoms with Crippen molar-refractivity contribution in [3.8, 4) is 0 Å². The fraction of sp³-hybridized carbons (Fsp3) is 0.167. The van der Waals surface area contributed by atoms with Crippen LogP contribution in [0.4, 0.5) is 4.39 Å². The Morgan fingerprint density at radius 1 is 1.17 bits per heavy atom. The summed E-state index contributed by atoms with van der Waals surface area (Å²) in [5.74, 6) is -0.504. The molecule has 1 aromatic heterocycles. The third-order valence-electron chi connectivity index (χ3n) is 3.68. The molecule has 0 bridgehead atoms. The van der Waals surface area contributed by atoms with E-state index in [9.17, 15) is 14.0 Å². The van der Waals surface area contributed by atoms with Gasteiger partial charge in [-0.2, -0.15) is 5.10 Å². The molecule has 0 fully saturated rings. The monoisotopic (exact) mass is 325 g/mol. The number of rotatable bonds is 5. The van der Waals surface area contributed by atoms with E-state index in [0.29, 0.717) is 23.9 Å². The molecule has 0 aliphatic rings. The topological polar surface area (TPSA) is 64.0 Å². The molecule has 0 saturated carbocycles. The average molecular weight is 325 g/mol. The molecule has 5 nitrogen and oxygen atoms in total. The first-order chi connectivity index (χ1) is 11.6. The molecule has 122 valence electrons. The molecule has 2 aromatic carbocycles. The number of amides is 1. The van der Waals surface area contributed by atoms with E-state index in [1.807, 2.05) is 6.07 Å². The van der Waals surface area contributed by atoms with Gasteiger partial charge in [-0.15, -0.1) is 0 Å². The Morgan fingerprint density at radius 2 is 2.00 bits per heavy atom. The molecule has 0 unspecified atom stereocenters. The van der Waals surface area contributed by atoms with E-state index in [1.54, 1.807) is 30.3 Å². The molecule has 0 saturated heterocycles. The summed E-state index contributed by atoms with van der Waals surface area (Å²) in [6.45, 7) is 0.421. The minimum atomic E-state index is -0.289. The molecule has 6 heteroatoms. The summed E-state index contributed by atoms with van der Waals surface area (Å²) in [5.41, 5.74) is 1.26. The fourth-order valence-electron chi connectivity index (χ4n) is 2.52. The van der Waals surface area contributed by atoms with Gasteiger partial charge in [0.15, 0.2) is 0 Å². The normalized spacial score (nSPS) is 10.7. The summed E-state index contributed by atoms with van der Waals surface area (Å²) in [4.78, 5) is 23.8. The molecule has 3 rings (SSSR count). The molecule has 3 aromatic rings. The fourth-order valence-corrected chi connectivity index (χ4v) is 2.52. The van der Waals surface area contributed by atoms with Crippen LogP contribution in [0.3, 0.4) is 0 Å². The van der Waals surface area contributed by atoms with Crippen molar-refractivity contribution in [1.29, 1.82) is 0 Å². The van der Waals surface area contributed by atoms with Gasteiger partial charge < -0.3 is 5.32 Å². The van der Waals surface area contributed by atoms with Crippen LogP contribution in [0.5, 0.6) is 0 Å². The number of carbonyl (C=O) groups is 1. The first-order valence-corrected chi connectivity index (χ1v) is 7.59. The van der Waals surface area contributed by atoms with Crippen LogP contribution in [0.15, 0.2) is 59.5 Å². The second-order valence-electron chi connectivity index (χ2n) is 5.41. The van der Waals surface area contributed by atoms with Crippen LogP contribution in [-0.4, -0.2) is 22.2 Å². The molecule has 24 heavy (non-hydrogen) atoms. The van der Waals surface area contributed by atoms with E-state index in [2.05, 4.69) is 10.4 Å². The van der Waals surface area contributed by atoms with Gasteiger partial charge in [0.05, 0.1) is 11.7 Å². The maximum atomic E-state index is 13.1. The highest BCUT2D eigenvalue weighted by atomic mass is 19.1. The highest BCUT2D eigenvalue weighted by molar-refractivity contribution is 5.81. The molecule has 1 amide bonds. The zero-order valence-electron chi connectivity index (χ0n) is 12.9. The number of benzene rings is 2. The first-order valence-electron chi connectivity index (χ1n) is 7.59. The van der Waals surface area contributed by atoms with E-state index in [0.717, 1.165) is 5.56 Å². The zero-order chi connectivity index (χ0) is 16.9. The van der Waals surface area contributed by atoms with E-state index in [1.165, 1.54) is 23.0 Å². The standard InChI is InChI=1S/C18H16FN3O2/c19-14-5-3-4-13(10-14)8-9-20-18(24)12-22-16-7-2-1-6-15(16)17(23)11-21-22/h1-7,10-11H,8-9,12H2,(H,20,24). The predicted octanol–water partition coefficient (Wildman–Crippen LogP) is 1.89. The number of nitrogens with zero attached hydrogens (tertiary/aromatic N) is 2. The molecule has 1 heterocycles. The summed E-state index contributed by atoms with van der Waals surface area (Å²) >= 11 is 0. The van der Waals surface area contributed by atoms with Gasteiger partial charge in [0.1, 0.15) is 12.4 Å². The average Bonchev–Trinajstić information content (AvgIpc) is 2.58. The highest BCUT2D eigenvalue weighted by Crippen LogP contribution is 2.07. The maximum absolute atomic E-state index is 13.1. The number of aromatic nitrogens is 2. The van der Waals surface area contributed by atoms with Gasteiger partial charge in [-0.3, -0.25) is 14.3 Å². The van der Waals surface area contributed by atoms with Crippen LogP contribution < -0.4 is 10.7 Å². The van der Waals surface area contributed by atoms with Gasteiger partial charge in [-0.05, 0) is 36.2 Å². The molecule has 0 aliphatic carbocycles. The zero-order valence-corrected chi connectivity index (χ0v) is 12.9. The van der Waals surface area contributed by atoms with Crippen LogP contribution in [0.25, 0.3) is 10.9 Å². The van der Waals surface area contributed by atoms with Crippen molar-refractivity contribution in [2.45, 2.75) is 13.0 Å². The molecular weight excluding hydrogens is 309 g/mol. The highest BCUT2D eigenvalue weighted by Gasteiger charge is 2.07. The van der Waals surface area contributed by atoms with Gasteiger partial charge in [0.25, 0.3) is 0 Å². The van der Waals surface area contributed by atoms with Crippen molar-refractivity contribution in [2.24, 2.45) is 0 Å². The van der Waals surface area contributed by atoms with E-state index < -0.39 is 0 Å². The van der Waals surface area contributed by atoms with Crippen LogP contribution in [0.2, 0.25) is 0 Å². The Morgan fingerprint density at radius 3 is 2.83 bits per heavy atom. The maximum Gasteiger partial charge on any atom is 0.241 e. The number of carbonyl (C=O) groups excluding carboxylic acids is 1. The molecule has 0 atom stereocenters. The van der Waals surface area contributed by atoms with Gasteiger partial charge in [-0.1, -0.05) is 24.3 Å². The number of hydrogen-bond acceptors (Lipinski definition) is 3.